The lowest BCUT2D eigenvalue weighted by Crippen LogP contribution is -2.67. The molecule has 204 valence electrons. The Morgan fingerprint density at radius 3 is 2.20 bits per heavy atom. The van der Waals surface area contributed by atoms with Crippen molar-refractivity contribution in [2.75, 3.05) is 0 Å². The van der Waals surface area contributed by atoms with Gasteiger partial charge < -0.3 is 35.4 Å². The number of ether oxygens (including phenoxy) is 1. The number of rotatable bonds is 0. The number of carbonyl (C=O) groups excluding carboxylic acids is 3. The molecular weight excluding hydrogens is 520 g/mol. The molecule has 5 atom stereocenters. The Morgan fingerprint density at radius 1 is 0.825 bits per heavy atom. The summed E-state index contributed by atoms with van der Waals surface area (Å²) in [5, 5.41) is 66.8. The highest BCUT2D eigenvalue weighted by molar-refractivity contribution is 6.23. The summed E-state index contributed by atoms with van der Waals surface area (Å²) in [6.07, 6.45) is -3.96. The maximum atomic E-state index is 14.5. The van der Waals surface area contributed by atoms with Crippen LogP contribution in [0.15, 0.2) is 29.8 Å². The lowest BCUT2D eigenvalue weighted by atomic mass is 9.54. The summed E-state index contributed by atoms with van der Waals surface area (Å²) in [5.41, 5.74) is -2.30. The van der Waals surface area contributed by atoms with Gasteiger partial charge in [0, 0.05) is 41.2 Å². The van der Waals surface area contributed by atoms with Crippen molar-refractivity contribution in [2.45, 2.75) is 50.4 Å². The van der Waals surface area contributed by atoms with Gasteiger partial charge in [0.1, 0.15) is 28.8 Å². The van der Waals surface area contributed by atoms with Crippen LogP contribution in [0.5, 0.6) is 23.0 Å². The van der Waals surface area contributed by atoms with E-state index in [2.05, 4.69) is 0 Å². The number of ketones is 3. The Balaban J connectivity index is 1.67. The van der Waals surface area contributed by atoms with Gasteiger partial charge in [-0.25, -0.2) is 0 Å². The van der Waals surface area contributed by atoms with Gasteiger partial charge in [-0.2, -0.15) is 0 Å². The van der Waals surface area contributed by atoms with Crippen molar-refractivity contribution in [1.82, 2.24) is 0 Å². The highest BCUT2D eigenvalue weighted by Crippen LogP contribution is 2.63. The SMILES string of the molecule is Cc1cc(O)c2c(c1)C(=O)[C@@]13Oc4c5c(c(O)c6c(O)cc(C)cc46)C(=O)C[C@@H](O)[C@H]5[C@@H]1[C@H](O)CC(=O)C3=C2O. The van der Waals surface area contributed by atoms with Crippen molar-refractivity contribution >= 4 is 33.9 Å². The van der Waals surface area contributed by atoms with E-state index in [1.54, 1.807) is 19.9 Å². The standard InChI is InChI=1S/C30H24O10/c1-9-3-11-19(13(31)5-9)26(37)22-16(34)7-15(33)21-23(22)28(11)40-30-24(21)17(35)8-18(36)25(30)27(38)20-12(29(30)39)4-10(2)6-14(20)32/h3-6,15,17,21,24,31-33,35,37-38H,7-8H2,1-2H3/t15-,17-,21-,24+,30-/m1/s1. The highest BCUT2D eigenvalue weighted by Gasteiger charge is 2.69. The molecule has 40 heavy (non-hydrogen) atoms. The molecule has 1 heterocycles. The van der Waals surface area contributed by atoms with Crippen molar-refractivity contribution in [3.63, 3.8) is 0 Å². The zero-order valence-electron chi connectivity index (χ0n) is 21.3. The van der Waals surface area contributed by atoms with Crippen LogP contribution in [0.4, 0.5) is 0 Å². The maximum Gasteiger partial charge on any atom is 0.212 e. The Hall–Kier alpha value is -4.41. The molecule has 10 heteroatoms. The van der Waals surface area contributed by atoms with Gasteiger partial charge in [0.15, 0.2) is 11.6 Å². The Bertz CT molecular complexity index is 1800. The van der Waals surface area contributed by atoms with Gasteiger partial charge >= 0.3 is 0 Å². The third-order valence-corrected chi connectivity index (χ3v) is 8.81. The van der Waals surface area contributed by atoms with Crippen LogP contribution in [-0.4, -0.2) is 65.8 Å². The largest absolute Gasteiger partial charge is 0.507 e. The first-order valence-electron chi connectivity index (χ1n) is 12.8. The second kappa shape index (κ2) is 7.61. The molecule has 1 spiro atoms. The molecule has 0 aromatic heterocycles. The Morgan fingerprint density at radius 2 is 1.48 bits per heavy atom. The fourth-order valence-corrected chi connectivity index (χ4v) is 7.42. The minimum absolute atomic E-state index is 0.0623. The molecule has 1 aliphatic heterocycles. The van der Waals surface area contributed by atoms with E-state index in [0.29, 0.717) is 11.1 Å². The van der Waals surface area contributed by atoms with Gasteiger partial charge in [0.2, 0.25) is 11.4 Å². The monoisotopic (exact) mass is 544 g/mol. The van der Waals surface area contributed by atoms with Crippen molar-refractivity contribution in [3.05, 3.63) is 63.2 Å². The first kappa shape index (κ1) is 24.6. The van der Waals surface area contributed by atoms with E-state index in [9.17, 15) is 45.0 Å². The molecule has 10 nitrogen and oxygen atoms in total. The normalized spacial score (nSPS) is 28.6. The molecule has 0 bridgehead atoms. The van der Waals surface area contributed by atoms with Crippen LogP contribution >= 0.6 is 0 Å². The lowest BCUT2D eigenvalue weighted by molar-refractivity contribution is -0.132. The molecule has 1 saturated carbocycles. The molecule has 6 N–H and O–H groups in total. The molecule has 3 aromatic rings. The molecule has 0 unspecified atom stereocenters. The van der Waals surface area contributed by atoms with Crippen LogP contribution in [-0.2, 0) is 4.79 Å². The topological polar surface area (TPSA) is 182 Å². The first-order chi connectivity index (χ1) is 18.9. The van der Waals surface area contributed by atoms with Gasteiger partial charge in [-0.1, -0.05) is 0 Å². The minimum atomic E-state index is -2.34. The second-order valence-corrected chi connectivity index (χ2v) is 11.2. The summed E-state index contributed by atoms with van der Waals surface area (Å²) in [5.74, 6) is -6.86. The number of Topliss-reactive ketones (excluding diaryl/α,β-unsaturated/α-hetero) is 3. The van der Waals surface area contributed by atoms with Gasteiger partial charge in [-0.05, 0) is 49.2 Å². The minimum Gasteiger partial charge on any atom is -0.507 e. The molecule has 3 aromatic carbocycles. The van der Waals surface area contributed by atoms with Gasteiger partial charge in [0.05, 0.1) is 34.3 Å². The van der Waals surface area contributed by atoms with E-state index in [1.165, 1.54) is 18.2 Å². The molecule has 4 aliphatic rings. The van der Waals surface area contributed by atoms with Gasteiger partial charge in [-0.15, -0.1) is 0 Å². The van der Waals surface area contributed by atoms with Crippen molar-refractivity contribution in [2.24, 2.45) is 5.92 Å². The second-order valence-electron chi connectivity index (χ2n) is 11.2. The van der Waals surface area contributed by atoms with Crippen LogP contribution in [0, 0.1) is 19.8 Å². The summed E-state index contributed by atoms with van der Waals surface area (Å²) in [6, 6.07) is 5.70. The fourth-order valence-electron chi connectivity index (χ4n) is 7.42. The molecule has 1 fully saturated rings. The van der Waals surface area contributed by atoms with E-state index >= 15 is 0 Å². The van der Waals surface area contributed by atoms with Crippen LogP contribution in [0.25, 0.3) is 16.5 Å². The molecule has 0 radical (unpaired) electrons. The third-order valence-electron chi connectivity index (χ3n) is 8.81. The van der Waals surface area contributed by atoms with E-state index in [1.807, 2.05) is 0 Å². The highest BCUT2D eigenvalue weighted by atomic mass is 16.5. The predicted molar refractivity (Wildman–Crippen MR) is 139 cm³/mol. The summed E-state index contributed by atoms with van der Waals surface area (Å²) in [4.78, 5) is 41.2. The van der Waals surface area contributed by atoms with Crippen LogP contribution in [0.2, 0.25) is 0 Å². The number of hydrogen-bond donors (Lipinski definition) is 6. The van der Waals surface area contributed by atoms with Crippen LogP contribution in [0.1, 0.15) is 61.7 Å². The average molecular weight is 545 g/mol. The van der Waals surface area contributed by atoms with Crippen LogP contribution < -0.4 is 4.74 Å². The van der Waals surface area contributed by atoms with Gasteiger partial charge in [0.25, 0.3) is 0 Å². The van der Waals surface area contributed by atoms with Crippen molar-refractivity contribution in [3.8, 4) is 23.0 Å². The van der Waals surface area contributed by atoms with Crippen molar-refractivity contribution in [1.29, 1.82) is 0 Å². The third kappa shape index (κ3) is 2.72. The number of carbonyl (C=O) groups is 3. The Kier molecular flexibility index (Phi) is 4.69. The number of aromatic hydroxyl groups is 3. The summed E-state index contributed by atoms with van der Waals surface area (Å²) >= 11 is 0. The van der Waals surface area contributed by atoms with E-state index < -0.39 is 82.7 Å². The maximum absolute atomic E-state index is 14.5. The first-order valence-corrected chi connectivity index (χ1v) is 12.8. The number of phenols is 3. The van der Waals surface area contributed by atoms with Gasteiger partial charge in [-0.3, -0.25) is 14.4 Å². The quantitative estimate of drug-likeness (QED) is 0.246. The van der Waals surface area contributed by atoms with E-state index in [0.717, 1.165) is 0 Å². The molecule has 0 saturated heterocycles. The van der Waals surface area contributed by atoms with E-state index in [4.69, 9.17) is 4.74 Å². The smallest absolute Gasteiger partial charge is 0.212 e. The Labute approximate surface area is 226 Å². The fraction of sp³-hybridized carbons (Fsp3) is 0.300. The number of aryl methyl sites for hydroxylation is 2. The average Bonchev–Trinajstić information content (AvgIpc) is 2.85. The number of aliphatic hydroxyl groups is 3. The number of aliphatic hydroxyl groups excluding tert-OH is 3. The lowest BCUT2D eigenvalue weighted by Gasteiger charge is -2.55. The zero-order chi connectivity index (χ0) is 28.6. The molecular formula is C30H24O10. The molecule has 3 aliphatic carbocycles. The van der Waals surface area contributed by atoms with E-state index in [-0.39, 0.29) is 44.5 Å². The van der Waals surface area contributed by atoms with Crippen molar-refractivity contribution < 1.29 is 49.8 Å². The zero-order valence-corrected chi connectivity index (χ0v) is 21.3. The molecule has 0 amide bonds. The number of phenolic OH excluding ortho intramolecular Hbond substituents is 3. The summed E-state index contributed by atoms with van der Waals surface area (Å²) in [7, 11) is 0. The summed E-state index contributed by atoms with van der Waals surface area (Å²) in [6.45, 7) is 3.30. The number of hydrogen-bond acceptors (Lipinski definition) is 10. The summed E-state index contributed by atoms with van der Waals surface area (Å²) < 4.78 is 6.49. The predicted octanol–water partition coefficient (Wildman–Crippen LogP) is 2.85. The van der Waals surface area contributed by atoms with Crippen LogP contribution in [0.3, 0.4) is 0 Å². The molecule has 7 rings (SSSR count). The number of benzene rings is 3. The number of fused-ring (bicyclic) bond motifs is 4.